The molecule has 8 heteroatoms. The fourth-order valence-corrected chi connectivity index (χ4v) is 4.85. The summed E-state index contributed by atoms with van der Waals surface area (Å²) < 4.78 is 63.3. The first-order valence-electron chi connectivity index (χ1n) is 6.00. The van der Waals surface area contributed by atoms with E-state index in [1.165, 1.54) is 18.2 Å². The molecule has 0 aliphatic heterocycles. The van der Waals surface area contributed by atoms with E-state index in [1.54, 1.807) is 11.4 Å². The van der Waals surface area contributed by atoms with Crippen molar-refractivity contribution in [1.29, 1.82) is 0 Å². The van der Waals surface area contributed by atoms with Crippen LogP contribution in [0.3, 0.4) is 0 Å². The molecule has 0 amide bonds. The highest BCUT2D eigenvalue weighted by atomic mass is 32.2. The fourth-order valence-electron chi connectivity index (χ4n) is 1.98. The van der Waals surface area contributed by atoms with Gasteiger partial charge in [0, 0.05) is 0 Å². The highest BCUT2D eigenvalue weighted by molar-refractivity contribution is 7.93. The first-order chi connectivity index (χ1) is 9.76. The van der Waals surface area contributed by atoms with Crippen LogP contribution in [0.4, 0.5) is 13.2 Å². The third kappa shape index (κ3) is 3.28. The van der Waals surface area contributed by atoms with E-state index in [0.717, 1.165) is 23.5 Å². The molecule has 0 aliphatic rings. The number of alkyl halides is 3. The number of quaternary nitrogens is 1. The van der Waals surface area contributed by atoms with Crippen LogP contribution in [0, 0.1) is 0 Å². The zero-order valence-corrected chi connectivity index (χ0v) is 12.4. The van der Waals surface area contributed by atoms with Gasteiger partial charge in [-0.3, -0.25) is 0 Å². The SMILES string of the molecule is [NH3+]C[C@@H](c1cccc(C(F)(F)F)c1)S(=O)(=O)c1cccs1. The lowest BCUT2D eigenvalue weighted by Crippen LogP contribution is -2.54. The van der Waals surface area contributed by atoms with Gasteiger partial charge < -0.3 is 5.73 Å². The van der Waals surface area contributed by atoms with E-state index in [9.17, 15) is 21.6 Å². The van der Waals surface area contributed by atoms with Gasteiger partial charge in [-0.05, 0) is 23.1 Å². The standard InChI is InChI=1S/C13H12F3NO2S2/c14-13(15,16)10-4-1-3-9(7-10)11(8-17)21(18,19)12-5-2-6-20-12/h1-7,11H,8,17H2/p+1/t11-/m0/s1. The van der Waals surface area contributed by atoms with Crippen LogP contribution < -0.4 is 5.73 Å². The molecule has 3 nitrogen and oxygen atoms in total. The summed E-state index contributed by atoms with van der Waals surface area (Å²) in [6, 6.07) is 7.42. The smallest absolute Gasteiger partial charge is 0.356 e. The quantitative estimate of drug-likeness (QED) is 0.932. The van der Waals surface area contributed by atoms with Crippen molar-refractivity contribution in [2.24, 2.45) is 0 Å². The maximum atomic E-state index is 12.7. The Morgan fingerprint density at radius 2 is 1.90 bits per heavy atom. The van der Waals surface area contributed by atoms with Crippen molar-refractivity contribution in [3.05, 3.63) is 52.9 Å². The highest BCUT2D eigenvalue weighted by Gasteiger charge is 2.34. The molecular weight excluding hydrogens is 323 g/mol. The van der Waals surface area contributed by atoms with E-state index in [4.69, 9.17) is 0 Å². The average molecular weight is 336 g/mol. The minimum atomic E-state index is -4.51. The molecule has 21 heavy (non-hydrogen) atoms. The normalized spacial score (nSPS) is 14.1. The Balaban J connectivity index is 2.48. The van der Waals surface area contributed by atoms with Gasteiger partial charge >= 0.3 is 6.18 Å². The lowest BCUT2D eigenvalue weighted by molar-refractivity contribution is -0.367. The van der Waals surface area contributed by atoms with Gasteiger partial charge in [-0.2, -0.15) is 13.2 Å². The summed E-state index contributed by atoms with van der Waals surface area (Å²) in [5.74, 6) is 0. The lowest BCUT2D eigenvalue weighted by atomic mass is 10.1. The predicted molar refractivity (Wildman–Crippen MR) is 73.4 cm³/mol. The molecule has 0 fully saturated rings. The number of halogens is 3. The Kier molecular flexibility index (Phi) is 4.40. The molecule has 1 atom stereocenters. The molecule has 1 aromatic heterocycles. The summed E-state index contributed by atoms with van der Waals surface area (Å²) in [5.41, 5.74) is 2.82. The van der Waals surface area contributed by atoms with Crippen LogP contribution >= 0.6 is 11.3 Å². The van der Waals surface area contributed by atoms with Gasteiger partial charge in [-0.25, -0.2) is 8.42 Å². The molecule has 0 aliphatic carbocycles. The molecular formula is C13H13F3NO2S2+. The second-order valence-electron chi connectivity index (χ2n) is 4.38. The Bertz CT molecular complexity index is 709. The molecule has 3 N–H and O–H groups in total. The van der Waals surface area contributed by atoms with Crippen LogP contribution in [0.5, 0.6) is 0 Å². The van der Waals surface area contributed by atoms with Crippen LogP contribution in [0.15, 0.2) is 46.0 Å². The van der Waals surface area contributed by atoms with Crippen molar-refractivity contribution in [3.63, 3.8) is 0 Å². The molecule has 0 saturated carbocycles. The van der Waals surface area contributed by atoms with Crippen LogP contribution in [-0.2, 0) is 16.0 Å². The van der Waals surface area contributed by atoms with Gasteiger partial charge in [0.05, 0.1) is 12.1 Å². The third-order valence-electron chi connectivity index (χ3n) is 3.00. The second kappa shape index (κ2) is 5.78. The largest absolute Gasteiger partial charge is 0.416 e. The molecule has 2 rings (SSSR count). The van der Waals surface area contributed by atoms with Gasteiger partial charge in [-0.15, -0.1) is 11.3 Å². The van der Waals surface area contributed by atoms with Crippen LogP contribution in [0.2, 0.25) is 0 Å². The van der Waals surface area contributed by atoms with E-state index < -0.39 is 26.8 Å². The molecule has 114 valence electrons. The number of thiophene rings is 1. The highest BCUT2D eigenvalue weighted by Crippen LogP contribution is 2.34. The molecule has 0 spiro atoms. The van der Waals surface area contributed by atoms with Crippen molar-refractivity contribution in [2.75, 3.05) is 6.54 Å². The molecule has 1 aromatic carbocycles. The lowest BCUT2D eigenvalue weighted by Gasteiger charge is -2.15. The predicted octanol–water partition coefficient (Wildman–Crippen LogP) is 2.52. The molecule has 0 unspecified atom stereocenters. The number of hydrogen-bond donors (Lipinski definition) is 1. The zero-order valence-electron chi connectivity index (χ0n) is 10.8. The Morgan fingerprint density at radius 3 is 2.43 bits per heavy atom. The van der Waals surface area contributed by atoms with E-state index in [2.05, 4.69) is 5.73 Å². The van der Waals surface area contributed by atoms with E-state index in [0.29, 0.717) is 0 Å². The first kappa shape index (κ1) is 16.0. The monoisotopic (exact) mass is 336 g/mol. The fraction of sp³-hybridized carbons (Fsp3) is 0.231. The van der Waals surface area contributed by atoms with E-state index in [-0.39, 0.29) is 16.3 Å². The van der Waals surface area contributed by atoms with Crippen LogP contribution in [0.25, 0.3) is 0 Å². The summed E-state index contributed by atoms with van der Waals surface area (Å²) in [6.45, 7) is -0.0401. The molecule has 2 aromatic rings. The number of benzene rings is 1. The average Bonchev–Trinajstić information content (AvgIpc) is 2.93. The number of sulfone groups is 1. The van der Waals surface area contributed by atoms with Crippen molar-refractivity contribution >= 4 is 21.2 Å². The van der Waals surface area contributed by atoms with Crippen molar-refractivity contribution in [2.45, 2.75) is 15.6 Å². The van der Waals surface area contributed by atoms with Gasteiger partial charge in [-0.1, -0.05) is 24.3 Å². The van der Waals surface area contributed by atoms with E-state index >= 15 is 0 Å². The van der Waals surface area contributed by atoms with Gasteiger partial charge in [0.1, 0.15) is 9.46 Å². The minimum absolute atomic E-state index is 0.0401. The molecule has 0 saturated heterocycles. The zero-order chi connectivity index (χ0) is 15.7. The maximum Gasteiger partial charge on any atom is 0.416 e. The Labute approximate surface area is 124 Å². The molecule has 1 heterocycles. The minimum Gasteiger partial charge on any atom is -0.356 e. The summed E-state index contributed by atoms with van der Waals surface area (Å²) in [6.07, 6.45) is -4.51. The second-order valence-corrected chi connectivity index (χ2v) is 7.68. The van der Waals surface area contributed by atoms with Gasteiger partial charge in [0.2, 0.25) is 0 Å². The van der Waals surface area contributed by atoms with Crippen LogP contribution in [0.1, 0.15) is 16.4 Å². The Morgan fingerprint density at radius 1 is 1.19 bits per heavy atom. The molecule has 0 bridgehead atoms. The van der Waals surface area contributed by atoms with Crippen molar-refractivity contribution in [1.82, 2.24) is 0 Å². The maximum absolute atomic E-state index is 12.7. The summed E-state index contributed by atoms with van der Waals surface area (Å²) >= 11 is 1.04. The first-order valence-corrected chi connectivity index (χ1v) is 8.43. The summed E-state index contributed by atoms with van der Waals surface area (Å²) in [4.78, 5) is 0. The van der Waals surface area contributed by atoms with E-state index in [1.807, 2.05) is 0 Å². The molecule has 0 radical (unpaired) electrons. The van der Waals surface area contributed by atoms with Crippen molar-refractivity contribution in [3.8, 4) is 0 Å². The number of hydrogen-bond acceptors (Lipinski definition) is 3. The van der Waals surface area contributed by atoms with Crippen LogP contribution in [-0.4, -0.2) is 15.0 Å². The Hall–Kier alpha value is -1.38. The third-order valence-corrected chi connectivity index (χ3v) is 6.60. The summed E-state index contributed by atoms with van der Waals surface area (Å²) in [5, 5.41) is 0.526. The van der Waals surface area contributed by atoms with Gasteiger partial charge in [0.15, 0.2) is 9.84 Å². The topological polar surface area (TPSA) is 61.8 Å². The number of rotatable bonds is 4. The summed E-state index contributed by atoms with van der Waals surface area (Å²) in [7, 11) is -3.73. The van der Waals surface area contributed by atoms with Crippen molar-refractivity contribution < 1.29 is 27.3 Å². The van der Waals surface area contributed by atoms with Gasteiger partial charge in [0.25, 0.3) is 0 Å².